The highest BCUT2D eigenvalue weighted by atomic mass is 32.2. The van der Waals surface area contributed by atoms with E-state index < -0.39 is 28.6 Å². The predicted octanol–water partition coefficient (Wildman–Crippen LogP) is 3.81. The molecule has 0 unspecified atom stereocenters. The van der Waals surface area contributed by atoms with Gasteiger partial charge in [0.25, 0.3) is 0 Å². The highest BCUT2D eigenvalue weighted by Crippen LogP contribution is 2.45. The lowest BCUT2D eigenvalue weighted by atomic mass is 10.1. The van der Waals surface area contributed by atoms with E-state index in [1.54, 1.807) is 18.2 Å². The van der Waals surface area contributed by atoms with Crippen LogP contribution in [0, 0.1) is 0 Å². The van der Waals surface area contributed by atoms with Gasteiger partial charge in [-0.15, -0.1) is 0 Å². The number of halogens is 3. The number of benzene rings is 1. The van der Waals surface area contributed by atoms with Crippen LogP contribution in [-0.2, 0) is 14.3 Å². The highest BCUT2D eigenvalue weighted by Gasteiger charge is 2.46. The lowest BCUT2D eigenvalue weighted by molar-refractivity contribution is -0.148. The zero-order valence-corrected chi connectivity index (χ0v) is 12.9. The number of alkyl halides is 3. The van der Waals surface area contributed by atoms with Gasteiger partial charge in [-0.3, -0.25) is 4.79 Å². The monoisotopic (exact) mass is 344 g/mol. The van der Waals surface area contributed by atoms with Crippen molar-refractivity contribution >= 4 is 23.5 Å². The summed E-state index contributed by atoms with van der Waals surface area (Å²) < 4.78 is 48.3. The van der Waals surface area contributed by atoms with Crippen molar-refractivity contribution < 1.29 is 32.2 Å². The standard InChI is InChI=1S/C15H11F3O4S/c1-8-12(11(19)9-6-4-3-5-7-9)23-14(22-8)10(13(20)21-2)15(16,17)18/h3-7H,1-2H3/b14-10-. The van der Waals surface area contributed by atoms with Crippen LogP contribution in [0.25, 0.3) is 0 Å². The summed E-state index contributed by atoms with van der Waals surface area (Å²) in [5.74, 6) is -2.04. The number of Topliss-reactive ketones (excluding diaryl/α,β-unsaturated/α-hetero) is 1. The van der Waals surface area contributed by atoms with Crippen LogP contribution < -0.4 is 0 Å². The highest BCUT2D eigenvalue weighted by molar-refractivity contribution is 8.07. The maximum absolute atomic E-state index is 13.0. The number of methoxy groups -OCH3 is 1. The molecule has 122 valence electrons. The molecule has 1 aromatic carbocycles. The second-order valence-corrected chi connectivity index (χ2v) is 5.42. The fourth-order valence-electron chi connectivity index (χ4n) is 1.82. The number of ketones is 1. The van der Waals surface area contributed by atoms with Crippen LogP contribution in [0.1, 0.15) is 17.3 Å². The molecule has 2 rings (SSSR count). The lowest BCUT2D eigenvalue weighted by Crippen LogP contribution is -2.23. The zero-order chi connectivity index (χ0) is 17.2. The molecule has 1 aliphatic rings. The summed E-state index contributed by atoms with van der Waals surface area (Å²) in [6.07, 6.45) is -4.96. The van der Waals surface area contributed by atoms with Gasteiger partial charge in [-0.2, -0.15) is 13.2 Å². The topological polar surface area (TPSA) is 52.6 Å². The molecule has 1 aromatic rings. The Morgan fingerprint density at radius 1 is 1.17 bits per heavy atom. The van der Waals surface area contributed by atoms with Gasteiger partial charge in [0.2, 0.25) is 5.78 Å². The summed E-state index contributed by atoms with van der Waals surface area (Å²) in [4.78, 5) is 23.7. The second kappa shape index (κ2) is 6.49. The van der Waals surface area contributed by atoms with Crippen molar-refractivity contribution in [3.05, 3.63) is 57.2 Å². The predicted molar refractivity (Wildman–Crippen MR) is 77.2 cm³/mol. The van der Waals surface area contributed by atoms with Crippen LogP contribution in [0.15, 0.2) is 51.7 Å². The van der Waals surface area contributed by atoms with Crippen LogP contribution in [0.5, 0.6) is 0 Å². The first-order valence-electron chi connectivity index (χ1n) is 6.31. The van der Waals surface area contributed by atoms with E-state index in [4.69, 9.17) is 4.74 Å². The van der Waals surface area contributed by atoms with Gasteiger partial charge >= 0.3 is 12.1 Å². The molecule has 0 amide bonds. The third kappa shape index (κ3) is 3.58. The number of hydrogen-bond acceptors (Lipinski definition) is 5. The summed E-state index contributed by atoms with van der Waals surface area (Å²) in [6, 6.07) is 8.05. The number of allylic oxidation sites excluding steroid dienone is 2. The van der Waals surface area contributed by atoms with Crippen LogP contribution in [-0.4, -0.2) is 25.0 Å². The molecule has 0 atom stereocenters. The Morgan fingerprint density at radius 2 is 1.78 bits per heavy atom. The third-order valence-corrected chi connectivity index (χ3v) is 4.03. The molecule has 0 bridgehead atoms. The average Bonchev–Trinajstić information content (AvgIpc) is 2.87. The van der Waals surface area contributed by atoms with E-state index >= 15 is 0 Å². The van der Waals surface area contributed by atoms with Crippen molar-refractivity contribution in [1.82, 2.24) is 0 Å². The average molecular weight is 344 g/mol. The van der Waals surface area contributed by atoms with Crippen LogP contribution in [0.3, 0.4) is 0 Å². The van der Waals surface area contributed by atoms with Gasteiger partial charge in [0, 0.05) is 5.56 Å². The van der Waals surface area contributed by atoms with Crippen LogP contribution in [0.4, 0.5) is 13.2 Å². The first-order valence-corrected chi connectivity index (χ1v) is 7.13. The molecule has 0 radical (unpaired) electrons. The Balaban J connectivity index is 2.38. The second-order valence-electron chi connectivity index (χ2n) is 4.44. The molecule has 1 aliphatic heterocycles. The normalized spacial score (nSPS) is 16.9. The largest absolute Gasteiger partial charge is 0.465 e. The molecule has 0 aliphatic carbocycles. The molecular formula is C15H11F3O4S. The number of esters is 1. The Morgan fingerprint density at radius 3 is 2.30 bits per heavy atom. The molecule has 8 heteroatoms. The fraction of sp³-hybridized carbons (Fsp3) is 0.200. The van der Waals surface area contributed by atoms with E-state index in [-0.39, 0.29) is 10.7 Å². The SMILES string of the molecule is COC(=O)/C(=C1\OC(C)=C(C(=O)c2ccccc2)S1)C(F)(F)F. The number of thioether (sulfide) groups is 1. The maximum atomic E-state index is 13.0. The van der Waals surface area contributed by atoms with Gasteiger partial charge in [0.1, 0.15) is 10.7 Å². The molecule has 0 fully saturated rings. The molecule has 0 saturated heterocycles. The number of carbonyl (C=O) groups is 2. The molecular weight excluding hydrogens is 333 g/mol. The molecule has 1 heterocycles. The maximum Gasteiger partial charge on any atom is 0.427 e. The molecule has 4 nitrogen and oxygen atoms in total. The van der Waals surface area contributed by atoms with Crippen molar-refractivity contribution in [1.29, 1.82) is 0 Å². The molecule has 0 N–H and O–H groups in total. The lowest BCUT2D eigenvalue weighted by Gasteiger charge is -2.11. The van der Waals surface area contributed by atoms with Gasteiger partial charge in [-0.05, 0) is 18.7 Å². The van der Waals surface area contributed by atoms with E-state index in [0.717, 1.165) is 7.11 Å². The Kier molecular flexibility index (Phi) is 4.84. The Hall–Kier alpha value is -2.22. The fourth-order valence-corrected chi connectivity index (χ4v) is 2.87. The van der Waals surface area contributed by atoms with Gasteiger partial charge in [-0.25, -0.2) is 4.79 Å². The van der Waals surface area contributed by atoms with Crippen molar-refractivity contribution in [3.8, 4) is 0 Å². The van der Waals surface area contributed by atoms with Crippen molar-refractivity contribution in [3.63, 3.8) is 0 Å². The van der Waals surface area contributed by atoms with E-state index in [2.05, 4.69) is 4.74 Å². The van der Waals surface area contributed by atoms with Crippen LogP contribution >= 0.6 is 11.8 Å². The van der Waals surface area contributed by atoms with E-state index in [0.29, 0.717) is 17.3 Å². The van der Waals surface area contributed by atoms with Crippen LogP contribution in [0.2, 0.25) is 0 Å². The minimum Gasteiger partial charge on any atom is -0.465 e. The molecule has 0 aromatic heterocycles. The number of hydrogen-bond donors (Lipinski definition) is 0. The van der Waals surface area contributed by atoms with E-state index in [1.165, 1.54) is 19.1 Å². The van der Waals surface area contributed by atoms with Crippen molar-refractivity contribution in [2.75, 3.05) is 7.11 Å². The van der Waals surface area contributed by atoms with Crippen molar-refractivity contribution in [2.24, 2.45) is 0 Å². The number of rotatable bonds is 3. The van der Waals surface area contributed by atoms with E-state index in [1.807, 2.05) is 0 Å². The molecule has 0 saturated carbocycles. The third-order valence-electron chi connectivity index (χ3n) is 2.88. The Bertz CT molecular complexity index is 705. The summed E-state index contributed by atoms with van der Waals surface area (Å²) in [5.41, 5.74) is -1.26. The summed E-state index contributed by atoms with van der Waals surface area (Å²) in [6.45, 7) is 1.36. The summed E-state index contributed by atoms with van der Waals surface area (Å²) in [5, 5.41) is -0.707. The first-order chi connectivity index (χ1) is 10.8. The molecule has 23 heavy (non-hydrogen) atoms. The number of carbonyl (C=O) groups excluding carboxylic acids is 2. The zero-order valence-electron chi connectivity index (χ0n) is 12.1. The number of ether oxygens (including phenoxy) is 2. The Labute approximate surface area is 134 Å². The quantitative estimate of drug-likeness (QED) is 0.474. The smallest absolute Gasteiger partial charge is 0.427 e. The van der Waals surface area contributed by atoms with Gasteiger partial charge < -0.3 is 9.47 Å². The van der Waals surface area contributed by atoms with Gasteiger partial charge in [0.05, 0.1) is 7.11 Å². The van der Waals surface area contributed by atoms with Gasteiger partial charge in [-0.1, -0.05) is 30.3 Å². The van der Waals surface area contributed by atoms with E-state index in [9.17, 15) is 22.8 Å². The van der Waals surface area contributed by atoms with Gasteiger partial charge in [0.15, 0.2) is 10.7 Å². The summed E-state index contributed by atoms with van der Waals surface area (Å²) in [7, 11) is 0.838. The first kappa shape index (κ1) is 17.1. The minimum atomic E-state index is -4.96. The minimum absolute atomic E-state index is 0.00291. The molecule has 0 spiro atoms. The summed E-state index contributed by atoms with van der Waals surface area (Å²) >= 11 is 0.467. The van der Waals surface area contributed by atoms with Crippen molar-refractivity contribution in [2.45, 2.75) is 13.1 Å².